The van der Waals surface area contributed by atoms with Crippen molar-refractivity contribution in [3.8, 4) is 16.8 Å². The molecule has 0 amide bonds. The van der Waals surface area contributed by atoms with Crippen LogP contribution in [0.2, 0.25) is 0 Å². The van der Waals surface area contributed by atoms with Crippen LogP contribution in [0.1, 0.15) is 51.3 Å². The van der Waals surface area contributed by atoms with Crippen LogP contribution < -0.4 is 10.6 Å². The van der Waals surface area contributed by atoms with Gasteiger partial charge in [0.05, 0.1) is 16.4 Å². The smallest absolute Gasteiger partial charge is 0.131 e. The number of para-hydroxylation sites is 1. The van der Waals surface area contributed by atoms with Crippen LogP contribution in [0, 0.1) is 0 Å². The number of benzene rings is 8. The van der Waals surface area contributed by atoms with Crippen LogP contribution in [0.5, 0.6) is 0 Å². The van der Waals surface area contributed by atoms with Crippen molar-refractivity contribution in [2.75, 3.05) is 0 Å². The molecule has 1 aromatic heterocycles. The lowest BCUT2D eigenvalue weighted by molar-refractivity contribution is 0.409. The summed E-state index contributed by atoms with van der Waals surface area (Å²) >= 11 is 0. The molecule has 2 heterocycles. The molecule has 0 radical (unpaired) electrons. The number of hydrogen-bond acceptors (Lipinski definition) is 3. The normalized spacial score (nSPS) is 16.9. The number of amidine groups is 1. The first kappa shape index (κ1) is 32.4. The second kappa shape index (κ2) is 13.1. The Bertz CT molecular complexity index is 2870. The Labute approximate surface area is 326 Å². The Balaban J connectivity index is 1.14. The van der Waals surface area contributed by atoms with Gasteiger partial charge in [0.1, 0.15) is 18.2 Å². The summed E-state index contributed by atoms with van der Waals surface area (Å²) in [7, 11) is 0. The molecular formula is C52H38N4. The zero-order chi connectivity index (χ0) is 37.1. The average Bonchev–Trinajstić information content (AvgIpc) is 3.76. The van der Waals surface area contributed by atoms with E-state index in [1.54, 1.807) is 0 Å². The van der Waals surface area contributed by atoms with Crippen molar-refractivity contribution in [3.05, 3.63) is 245 Å². The molecule has 2 unspecified atom stereocenters. The number of hydrogen-bond donors (Lipinski definition) is 2. The van der Waals surface area contributed by atoms with Crippen LogP contribution >= 0.6 is 0 Å². The second-order valence-electron chi connectivity index (χ2n) is 14.8. The molecule has 2 N–H and O–H groups in total. The van der Waals surface area contributed by atoms with E-state index in [2.05, 4.69) is 221 Å². The van der Waals surface area contributed by atoms with Crippen LogP contribution in [0.4, 0.5) is 0 Å². The van der Waals surface area contributed by atoms with E-state index in [9.17, 15) is 0 Å². The van der Waals surface area contributed by atoms with Gasteiger partial charge in [-0.25, -0.2) is 4.99 Å². The van der Waals surface area contributed by atoms with Gasteiger partial charge in [0.2, 0.25) is 0 Å². The minimum atomic E-state index is -0.488. The maximum absolute atomic E-state index is 5.29. The van der Waals surface area contributed by atoms with E-state index in [-0.39, 0.29) is 12.3 Å². The van der Waals surface area contributed by atoms with Crippen molar-refractivity contribution in [3.63, 3.8) is 0 Å². The van der Waals surface area contributed by atoms with Crippen molar-refractivity contribution in [2.24, 2.45) is 4.99 Å². The fourth-order valence-corrected chi connectivity index (χ4v) is 9.30. The second-order valence-corrected chi connectivity index (χ2v) is 14.8. The molecule has 2 aliphatic rings. The van der Waals surface area contributed by atoms with E-state index in [1.165, 1.54) is 55.2 Å². The Morgan fingerprint density at radius 3 is 1.82 bits per heavy atom. The SMILES string of the molecule is c1ccc(C2N=C(c3cccc(-n4c5ccccc5c5cc6c(cc54)C(c4ccccc4)(c4ccccc4)c4ccccc4-6)c3)NC(c3ccccc3)N2)cc1. The lowest BCUT2D eigenvalue weighted by atomic mass is 9.67. The van der Waals surface area contributed by atoms with Gasteiger partial charge < -0.3 is 9.88 Å². The molecule has 56 heavy (non-hydrogen) atoms. The topological polar surface area (TPSA) is 41.4 Å². The van der Waals surface area contributed by atoms with Gasteiger partial charge in [0.25, 0.3) is 0 Å². The van der Waals surface area contributed by atoms with Gasteiger partial charge >= 0.3 is 0 Å². The van der Waals surface area contributed by atoms with Crippen molar-refractivity contribution < 1.29 is 0 Å². The molecule has 0 bridgehead atoms. The molecule has 0 saturated heterocycles. The fourth-order valence-electron chi connectivity index (χ4n) is 9.30. The first-order valence-electron chi connectivity index (χ1n) is 19.4. The molecular weight excluding hydrogens is 681 g/mol. The zero-order valence-electron chi connectivity index (χ0n) is 30.7. The largest absolute Gasteiger partial charge is 0.350 e. The number of nitrogens with one attached hydrogen (secondary N) is 2. The molecule has 0 saturated carbocycles. The Kier molecular flexibility index (Phi) is 7.58. The van der Waals surface area contributed by atoms with Gasteiger partial charge in [-0.2, -0.15) is 0 Å². The molecule has 4 heteroatoms. The molecule has 0 fully saturated rings. The van der Waals surface area contributed by atoms with Gasteiger partial charge in [0.15, 0.2) is 0 Å². The lowest BCUT2D eigenvalue weighted by Crippen LogP contribution is -2.44. The number of aliphatic imine (C=N–C) groups is 1. The summed E-state index contributed by atoms with van der Waals surface area (Å²) in [5, 5.41) is 9.96. The van der Waals surface area contributed by atoms with E-state index >= 15 is 0 Å². The van der Waals surface area contributed by atoms with Gasteiger partial charge in [-0.1, -0.05) is 176 Å². The first-order valence-corrected chi connectivity index (χ1v) is 19.4. The fraction of sp³-hybridized carbons (Fsp3) is 0.0577. The summed E-state index contributed by atoms with van der Waals surface area (Å²) in [5.74, 6) is 0.859. The summed E-state index contributed by atoms with van der Waals surface area (Å²) in [5.41, 5.74) is 14.0. The van der Waals surface area contributed by atoms with Crippen molar-refractivity contribution in [2.45, 2.75) is 17.7 Å². The molecule has 0 spiro atoms. The zero-order valence-corrected chi connectivity index (χ0v) is 30.7. The highest BCUT2D eigenvalue weighted by molar-refractivity contribution is 6.12. The van der Waals surface area contributed by atoms with Crippen LogP contribution in [0.25, 0.3) is 38.6 Å². The summed E-state index contributed by atoms with van der Waals surface area (Å²) in [6.07, 6.45) is -0.318. The van der Waals surface area contributed by atoms with E-state index in [0.717, 1.165) is 28.2 Å². The summed E-state index contributed by atoms with van der Waals surface area (Å²) < 4.78 is 2.45. The third kappa shape index (κ3) is 5.00. The molecule has 9 aromatic rings. The van der Waals surface area contributed by atoms with E-state index in [0.29, 0.717) is 0 Å². The Hall–Kier alpha value is -7.01. The van der Waals surface area contributed by atoms with E-state index < -0.39 is 5.41 Å². The minimum Gasteiger partial charge on any atom is -0.350 e. The maximum atomic E-state index is 5.29. The highest BCUT2D eigenvalue weighted by Gasteiger charge is 2.46. The van der Waals surface area contributed by atoms with Crippen LogP contribution in [-0.2, 0) is 5.41 Å². The number of aromatic nitrogens is 1. The highest BCUT2D eigenvalue weighted by atomic mass is 15.3. The van der Waals surface area contributed by atoms with E-state index in [4.69, 9.17) is 4.99 Å². The monoisotopic (exact) mass is 718 g/mol. The Morgan fingerprint density at radius 1 is 0.464 bits per heavy atom. The molecule has 1 aliphatic carbocycles. The third-order valence-corrected chi connectivity index (χ3v) is 11.7. The average molecular weight is 719 g/mol. The summed E-state index contributed by atoms with van der Waals surface area (Å²) in [6, 6.07) is 74.7. The van der Waals surface area contributed by atoms with E-state index in [1.807, 2.05) is 0 Å². The quantitative estimate of drug-likeness (QED) is 0.180. The first-order chi connectivity index (χ1) is 27.8. The molecule has 11 rings (SSSR count). The standard InChI is InChI=1S/C52H38N4/c1-5-18-35(19-6-1)49-53-50(36-20-7-2-8-21-36)55-51(54-49)37-22-17-27-40(32-37)56-47-31-16-14-29-42(47)44-33-43-41-28-13-15-30-45(41)52(46(43)34-48(44)56,38-23-9-3-10-24-38)39-25-11-4-12-26-39/h1-34,49-50,53H,(H,54,55). The van der Waals surface area contributed by atoms with Crippen LogP contribution in [0.3, 0.4) is 0 Å². The molecule has 8 aromatic carbocycles. The number of nitrogens with zero attached hydrogens (tertiary/aromatic N) is 2. The molecule has 4 nitrogen and oxygen atoms in total. The summed E-state index contributed by atoms with van der Waals surface area (Å²) in [6.45, 7) is 0. The van der Waals surface area contributed by atoms with Gasteiger partial charge in [0, 0.05) is 22.0 Å². The van der Waals surface area contributed by atoms with Crippen LogP contribution in [-0.4, -0.2) is 10.4 Å². The van der Waals surface area contributed by atoms with Gasteiger partial charge in [-0.05, 0) is 74.8 Å². The van der Waals surface area contributed by atoms with Crippen molar-refractivity contribution >= 4 is 27.6 Å². The Morgan fingerprint density at radius 2 is 1.09 bits per heavy atom. The molecule has 1 aliphatic heterocycles. The minimum absolute atomic E-state index is 0.112. The molecule has 2 atom stereocenters. The maximum Gasteiger partial charge on any atom is 0.131 e. The third-order valence-electron chi connectivity index (χ3n) is 11.7. The predicted molar refractivity (Wildman–Crippen MR) is 229 cm³/mol. The van der Waals surface area contributed by atoms with Gasteiger partial charge in [-0.15, -0.1) is 0 Å². The summed E-state index contributed by atoms with van der Waals surface area (Å²) in [4.78, 5) is 5.29. The van der Waals surface area contributed by atoms with Crippen molar-refractivity contribution in [1.29, 1.82) is 0 Å². The van der Waals surface area contributed by atoms with Crippen LogP contribution in [0.15, 0.2) is 211 Å². The molecule has 266 valence electrons. The van der Waals surface area contributed by atoms with Crippen molar-refractivity contribution in [1.82, 2.24) is 15.2 Å². The predicted octanol–water partition coefficient (Wildman–Crippen LogP) is 11.5. The highest BCUT2D eigenvalue weighted by Crippen LogP contribution is 2.57. The lowest BCUT2D eigenvalue weighted by Gasteiger charge is -2.34. The number of rotatable bonds is 6. The van der Waals surface area contributed by atoms with Gasteiger partial charge in [-0.3, -0.25) is 5.32 Å². The number of fused-ring (bicyclic) bond motifs is 6.